The molecular formula is C16H19N5O2S. The quantitative estimate of drug-likeness (QED) is 0.922. The lowest BCUT2D eigenvalue weighted by atomic mass is 9.95. The number of aromatic nitrogens is 3. The molecular weight excluding hydrogens is 326 g/mol. The molecule has 0 unspecified atom stereocenters. The Bertz CT molecular complexity index is 760. The first-order valence-corrected chi connectivity index (χ1v) is 8.66. The van der Waals surface area contributed by atoms with E-state index in [4.69, 9.17) is 4.98 Å². The largest absolute Gasteiger partial charge is 0.342 e. The van der Waals surface area contributed by atoms with Crippen LogP contribution in [0.5, 0.6) is 0 Å². The van der Waals surface area contributed by atoms with Gasteiger partial charge in [0.05, 0.1) is 16.8 Å². The van der Waals surface area contributed by atoms with Crippen LogP contribution < -0.4 is 5.32 Å². The highest BCUT2D eigenvalue weighted by Crippen LogP contribution is 2.30. The first-order chi connectivity index (χ1) is 11.5. The van der Waals surface area contributed by atoms with Gasteiger partial charge in [-0.2, -0.15) is 0 Å². The van der Waals surface area contributed by atoms with Crippen LogP contribution in [0.2, 0.25) is 0 Å². The normalized spacial score (nSPS) is 17.6. The SMILES string of the molecule is CC(=O)Nc1ncc(-c2cncc([C@@H]3CCCN(C(C)=O)C3)n2)s1. The van der Waals surface area contributed by atoms with E-state index in [2.05, 4.69) is 15.3 Å². The van der Waals surface area contributed by atoms with Gasteiger partial charge in [0.1, 0.15) is 5.69 Å². The van der Waals surface area contributed by atoms with Gasteiger partial charge in [-0.3, -0.25) is 14.6 Å². The van der Waals surface area contributed by atoms with Crippen molar-refractivity contribution in [2.45, 2.75) is 32.6 Å². The van der Waals surface area contributed by atoms with E-state index >= 15 is 0 Å². The lowest BCUT2D eigenvalue weighted by Crippen LogP contribution is -2.37. The Hall–Kier alpha value is -2.35. The van der Waals surface area contributed by atoms with Gasteiger partial charge in [-0.05, 0) is 12.8 Å². The lowest BCUT2D eigenvalue weighted by Gasteiger charge is -2.31. The molecule has 2 amide bonds. The average molecular weight is 345 g/mol. The Morgan fingerprint density at radius 3 is 2.88 bits per heavy atom. The van der Waals surface area contributed by atoms with E-state index in [1.165, 1.54) is 18.3 Å². The molecule has 1 aliphatic rings. The molecule has 0 aromatic carbocycles. The fourth-order valence-electron chi connectivity index (χ4n) is 2.80. The maximum atomic E-state index is 11.6. The maximum absolute atomic E-state index is 11.6. The van der Waals surface area contributed by atoms with Crippen molar-refractivity contribution in [1.82, 2.24) is 19.9 Å². The van der Waals surface area contributed by atoms with Crippen LogP contribution in [0.15, 0.2) is 18.6 Å². The van der Waals surface area contributed by atoms with E-state index in [0.29, 0.717) is 11.7 Å². The van der Waals surface area contributed by atoms with Gasteiger partial charge in [-0.25, -0.2) is 9.97 Å². The van der Waals surface area contributed by atoms with E-state index < -0.39 is 0 Å². The second kappa shape index (κ2) is 7.04. The Balaban J connectivity index is 1.80. The summed E-state index contributed by atoms with van der Waals surface area (Å²) in [5, 5.41) is 3.21. The van der Waals surface area contributed by atoms with Crippen molar-refractivity contribution < 1.29 is 9.59 Å². The number of piperidine rings is 1. The molecule has 2 aromatic rings. The molecule has 3 rings (SSSR count). The molecule has 126 valence electrons. The zero-order chi connectivity index (χ0) is 17.1. The van der Waals surface area contributed by atoms with Gasteiger partial charge in [0.25, 0.3) is 0 Å². The summed E-state index contributed by atoms with van der Waals surface area (Å²) in [6, 6.07) is 0. The third-order valence-corrected chi connectivity index (χ3v) is 4.91. The Kier molecular flexibility index (Phi) is 4.84. The lowest BCUT2D eigenvalue weighted by molar-refractivity contribution is -0.130. The number of carbonyl (C=O) groups excluding carboxylic acids is 2. The van der Waals surface area contributed by atoms with Crippen molar-refractivity contribution in [2.75, 3.05) is 18.4 Å². The van der Waals surface area contributed by atoms with Gasteiger partial charge >= 0.3 is 0 Å². The molecule has 0 bridgehead atoms. The predicted molar refractivity (Wildman–Crippen MR) is 91.7 cm³/mol. The summed E-state index contributed by atoms with van der Waals surface area (Å²) in [4.78, 5) is 38.6. The van der Waals surface area contributed by atoms with Gasteiger partial charge in [-0.1, -0.05) is 11.3 Å². The number of nitrogens with zero attached hydrogens (tertiary/aromatic N) is 4. The number of rotatable bonds is 3. The molecule has 2 aromatic heterocycles. The summed E-state index contributed by atoms with van der Waals surface area (Å²) in [6.45, 7) is 4.55. The molecule has 1 aliphatic heterocycles. The maximum Gasteiger partial charge on any atom is 0.223 e. The van der Waals surface area contributed by atoms with Gasteiger partial charge in [-0.15, -0.1) is 0 Å². The first kappa shape index (κ1) is 16.5. The van der Waals surface area contributed by atoms with Crippen molar-refractivity contribution in [3.05, 3.63) is 24.3 Å². The van der Waals surface area contributed by atoms with Crippen LogP contribution >= 0.6 is 11.3 Å². The molecule has 1 atom stereocenters. The highest BCUT2D eigenvalue weighted by Gasteiger charge is 2.24. The second-order valence-electron chi connectivity index (χ2n) is 5.84. The number of carbonyl (C=O) groups is 2. The van der Waals surface area contributed by atoms with Crippen molar-refractivity contribution in [1.29, 1.82) is 0 Å². The highest BCUT2D eigenvalue weighted by atomic mass is 32.1. The summed E-state index contributed by atoms with van der Waals surface area (Å²) in [5.41, 5.74) is 1.63. The topological polar surface area (TPSA) is 88.1 Å². The molecule has 0 spiro atoms. The molecule has 24 heavy (non-hydrogen) atoms. The molecule has 1 saturated heterocycles. The van der Waals surface area contributed by atoms with E-state index in [0.717, 1.165) is 35.7 Å². The number of nitrogens with one attached hydrogen (secondary N) is 1. The van der Waals surface area contributed by atoms with Crippen LogP contribution in [0.25, 0.3) is 10.6 Å². The molecule has 7 nitrogen and oxygen atoms in total. The van der Waals surface area contributed by atoms with Gasteiger partial charge in [0, 0.05) is 45.2 Å². The van der Waals surface area contributed by atoms with Crippen molar-refractivity contribution in [3.63, 3.8) is 0 Å². The summed E-state index contributed by atoms with van der Waals surface area (Å²) < 4.78 is 0. The van der Waals surface area contributed by atoms with Crippen LogP contribution in [0.4, 0.5) is 5.13 Å². The molecule has 0 saturated carbocycles. The Labute approximate surface area is 144 Å². The smallest absolute Gasteiger partial charge is 0.223 e. The minimum Gasteiger partial charge on any atom is -0.342 e. The Morgan fingerprint density at radius 1 is 1.29 bits per heavy atom. The van der Waals surface area contributed by atoms with Crippen molar-refractivity contribution >= 4 is 28.3 Å². The van der Waals surface area contributed by atoms with E-state index in [1.807, 2.05) is 4.90 Å². The molecule has 1 N–H and O–H groups in total. The fourth-order valence-corrected chi connectivity index (χ4v) is 3.62. The van der Waals surface area contributed by atoms with Gasteiger partial charge in [0.2, 0.25) is 11.8 Å². The standard InChI is InChI=1S/C16H19N5O2S/c1-10(22)19-16-18-8-15(24-16)14-7-17-6-13(20-14)12-4-3-5-21(9-12)11(2)23/h6-8,12H,3-5,9H2,1-2H3,(H,18,19,22)/t12-/m1/s1. The summed E-state index contributed by atoms with van der Waals surface area (Å²) in [6.07, 6.45) is 7.13. The number of thiazole rings is 1. The molecule has 0 aliphatic carbocycles. The molecule has 0 radical (unpaired) electrons. The minimum absolute atomic E-state index is 0.103. The molecule has 3 heterocycles. The number of hydrogen-bond acceptors (Lipinski definition) is 6. The minimum atomic E-state index is -0.151. The third kappa shape index (κ3) is 3.76. The van der Waals surface area contributed by atoms with Crippen molar-refractivity contribution in [3.8, 4) is 10.6 Å². The van der Waals surface area contributed by atoms with Crippen LogP contribution in [-0.2, 0) is 9.59 Å². The zero-order valence-corrected chi connectivity index (χ0v) is 14.5. The van der Waals surface area contributed by atoms with E-state index in [1.54, 1.807) is 25.5 Å². The monoisotopic (exact) mass is 345 g/mol. The third-order valence-electron chi connectivity index (χ3n) is 3.98. The predicted octanol–water partition coefficient (Wildman–Crippen LogP) is 2.28. The molecule has 1 fully saturated rings. The van der Waals surface area contributed by atoms with Gasteiger partial charge < -0.3 is 10.2 Å². The van der Waals surface area contributed by atoms with Crippen molar-refractivity contribution in [2.24, 2.45) is 0 Å². The number of anilines is 1. The van der Waals surface area contributed by atoms with Crippen LogP contribution in [0.1, 0.15) is 38.3 Å². The second-order valence-corrected chi connectivity index (χ2v) is 6.87. The Morgan fingerprint density at radius 2 is 2.12 bits per heavy atom. The number of amides is 2. The molecule has 8 heteroatoms. The number of hydrogen-bond donors (Lipinski definition) is 1. The van der Waals surface area contributed by atoms with Gasteiger partial charge in [0.15, 0.2) is 5.13 Å². The van der Waals surface area contributed by atoms with Crippen LogP contribution in [0, 0.1) is 0 Å². The first-order valence-electron chi connectivity index (χ1n) is 7.84. The van der Waals surface area contributed by atoms with E-state index in [-0.39, 0.29) is 17.7 Å². The highest BCUT2D eigenvalue weighted by molar-refractivity contribution is 7.19. The number of likely N-dealkylation sites (tertiary alicyclic amines) is 1. The summed E-state index contributed by atoms with van der Waals surface area (Å²) >= 11 is 1.37. The van der Waals surface area contributed by atoms with Crippen LogP contribution in [0.3, 0.4) is 0 Å². The van der Waals surface area contributed by atoms with Crippen LogP contribution in [-0.4, -0.2) is 44.8 Å². The zero-order valence-electron chi connectivity index (χ0n) is 13.7. The summed E-state index contributed by atoms with van der Waals surface area (Å²) in [5.74, 6) is 0.159. The summed E-state index contributed by atoms with van der Waals surface area (Å²) in [7, 11) is 0. The fraction of sp³-hybridized carbons (Fsp3) is 0.438. The van der Waals surface area contributed by atoms with E-state index in [9.17, 15) is 9.59 Å². The average Bonchev–Trinajstić information content (AvgIpc) is 3.03.